The van der Waals surface area contributed by atoms with Crippen LogP contribution in [0.4, 0.5) is 0 Å². The molecule has 4 rings (SSSR count). The monoisotopic (exact) mass is 375 g/mol. The summed E-state index contributed by atoms with van der Waals surface area (Å²) >= 11 is 4.81. The van der Waals surface area contributed by atoms with Gasteiger partial charge < -0.3 is 0 Å². The minimum atomic E-state index is -0.574. The van der Waals surface area contributed by atoms with Crippen LogP contribution in [0.2, 0.25) is 0 Å². The molecule has 27 heavy (non-hydrogen) atoms. The van der Waals surface area contributed by atoms with Gasteiger partial charge in [-0.15, -0.1) is 0 Å². The number of aromatic nitrogens is 1. The largest absolute Gasteiger partial charge is 0.299 e. The maximum atomic E-state index is 12.9. The van der Waals surface area contributed by atoms with Crippen molar-refractivity contribution < 1.29 is 14.4 Å². The summed E-state index contributed by atoms with van der Waals surface area (Å²) in [7, 11) is 0. The highest BCUT2D eigenvalue weighted by Gasteiger charge is 2.26. The smallest absolute Gasteiger partial charge is 0.263 e. The van der Waals surface area contributed by atoms with Gasteiger partial charge in [0.25, 0.3) is 17.7 Å². The summed E-state index contributed by atoms with van der Waals surface area (Å²) in [6.07, 6.45) is 3.09. The molecule has 0 radical (unpaired) electrons. The van der Waals surface area contributed by atoms with Gasteiger partial charge in [-0.25, -0.2) is 0 Å². The molecule has 2 aromatic carbocycles. The molecule has 0 unspecified atom stereocenters. The van der Waals surface area contributed by atoms with E-state index in [0.717, 1.165) is 5.39 Å². The van der Waals surface area contributed by atoms with Gasteiger partial charge in [-0.2, -0.15) is 0 Å². The average Bonchev–Trinajstić information content (AvgIpc) is 3.03. The lowest BCUT2D eigenvalue weighted by atomic mass is 10.1. The Labute approximate surface area is 159 Å². The van der Waals surface area contributed by atoms with Gasteiger partial charge in [0.15, 0.2) is 5.11 Å². The maximum absolute atomic E-state index is 12.9. The van der Waals surface area contributed by atoms with E-state index in [-0.39, 0.29) is 16.6 Å². The lowest BCUT2D eigenvalue weighted by Gasteiger charge is -2.16. The molecular formula is C20H13N3O3S. The molecule has 1 aliphatic heterocycles. The number of nitrogens with one attached hydrogen (secondary N) is 2. The lowest BCUT2D eigenvalue weighted by Crippen LogP contribution is -2.51. The molecule has 0 saturated carbocycles. The van der Waals surface area contributed by atoms with Crippen LogP contribution in [-0.4, -0.2) is 27.4 Å². The average molecular weight is 375 g/mol. The van der Waals surface area contributed by atoms with E-state index >= 15 is 0 Å². The predicted octanol–water partition coefficient (Wildman–Crippen LogP) is 2.24. The lowest BCUT2D eigenvalue weighted by molar-refractivity contribution is -0.123. The number of carbonyl (C=O) groups excluding carboxylic acids is 3. The molecule has 6 nitrogen and oxygen atoms in total. The standard InChI is InChI=1S/C20H13N3O3S/c24-17-15(18(25)22-20(27)21-17)10-13-11-23(16-9-5-4-8-14(13)16)19(26)12-6-2-1-3-7-12/h1-11H,(H2,21,22,24,25,27). The van der Waals surface area contributed by atoms with E-state index < -0.39 is 11.8 Å². The van der Waals surface area contributed by atoms with Crippen molar-refractivity contribution in [2.24, 2.45) is 0 Å². The Morgan fingerprint density at radius 1 is 0.926 bits per heavy atom. The van der Waals surface area contributed by atoms with E-state index in [1.807, 2.05) is 30.3 Å². The SMILES string of the molecule is O=C1NC(=S)NC(=O)C1=Cc1cn(C(=O)c2ccccc2)c2ccccc12. The molecule has 1 aliphatic rings. The van der Waals surface area contributed by atoms with Crippen molar-refractivity contribution >= 4 is 52.0 Å². The molecule has 1 saturated heterocycles. The van der Waals surface area contributed by atoms with Gasteiger partial charge in [0, 0.05) is 22.7 Å². The fraction of sp³-hybridized carbons (Fsp3) is 0. The molecule has 2 N–H and O–H groups in total. The third kappa shape index (κ3) is 3.04. The van der Waals surface area contributed by atoms with E-state index in [4.69, 9.17) is 12.2 Å². The minimum Gasteiger partial charge on any atom is -0.299 e. The summed E-state index contributed by atoms with van der Waals surface area (Å²) in [6.45, 7) is 0. The topological polar surface area (TPSA) is 80.2 Å². The van der Waals surface area contributed by atoms with E-state index in [0.29, 0.717) is 16.6 Å². The van der Waals surface area contributed by atoms with Crippen molar-refractivity contribution in [2.75, 3.05) is 0 Å². The third-order valence-electron chi connectivity index (χ3n) is 4.23. The zero-order valence-corrected chi connectivity index (χ0v) is 14.7. The summed E-state index contributed by atoms with van der Waals surface area (Å²) in [6, 6.07) is 16.2. The quantitative estimate of drug-likeness (QED) is 0.409. The fourth-order valence-electron chi connectivity index (χ4n) is 2.97. The third-order valence-corrected chi connectivity index (χ3v) is 4.43. The fourth-order valence-corrected chi connectivity index (χ4v) is 3.16. The van der Waals surface area contributed by atoms with Gasteiger partial charge in [0.1, 0.15) is 5.57 Å². The second-order valence-corrected chi connectivity index (χ2v) is 6.35. The molecule has 2 heterocycles. The van der Waals surface area contributed by atoms with Gasteiger partial charge in [-0.1, -0.05) is 36.4 Å². The van der Waals surface area contributed by atoms with E-state index in [2.05, 4.69) is 10.6 Å². The molecule has 0 spiro atoms. The van der Waals surface area contributed by atoms with Crippen LogP contribution in [0.25, 0.3) is 17.0 Å². The van der Waals surface area contributed by atoms with Crippen molar-refractivity contribution in [3.05, 3.63) is 77.5 Å². The van der Waals surface area contributed by atoms with Crippen molar-refractivity contribution in [3.8, 4) is 0 Å². The second-order valence-electron chi connectivity index (χ2n) is 5.94. The summed E-state index contributed by atoms with van der Waals surface area (Å²) in [5, 5.41) is 5.53. The summed E-state index contributed by atoms with van der Waals surface area (Å²) < 4.78 is 1.51. The van der Waals surface area contributed by atoms with Crippen LogP contribution < -0.4 is 10.6 Å². The molecule has 7 heteroatoms. The Morgan fingerprint density at radius 3 is 2.26 bits per heavy atom. The van der Waals surface area contributed by atoms with Gasteiger partial charge in [0.2, 0.25) is 0 Å². The number of thiocarbonyl (C=S) groups is 1. The van der Waals surface area contributed by atoms with Crippen molar-refractivity contribution in [2.45, 2.75) is 0 Å². The molecule has 1 aromatic heterocycles. The Hall–Kier alpha value is -3.58. The maximum Gasteiger partial charge on any atom is 0.263 e. The molecule has 0 atom stereocenters. The van der Waals surface area contributed by atoms with Gasteiger partial charge in [0.05, 0.1) is 5.52 Å². The number of hydrogen-bond acceptors (Lipinski definition) is 4. The van der Waals surface area contributed by atoms with Gasteiger partial charge >= 0.3 is 0 Å². The Morgan fingerprint density at radius 2 is 1.56 bits per heavy atom. The molecule has 0 aliphatic carbocycles. The summed E-state index contributed by atoms with van der Waals surface area (Å²) in [5.74, 6) is -1.35. The molecule has 132 valence electrons. The Kier molecular flexibility index (Phi) is 4.13. The van der Waals surface area contributed by atoms with Gasteiger partial charge in [-0.3, -0.25) is 29.6 Å². The first kappa shape index (κ1) is 16.9. The van der Waals surface area contributed by atoms with E-state index in [1.165, 1.54) is 10.6 Å². The first-order valence-corrected chi connectivity index (χ1v) is 8.53. The first-order chi connectivity index (χ1) is 13.0. The predicted molar refractivity (Wildman–Crippen MR) is 105 cm³/mol. The number of hydrogen-bond donors (Lipinski definition) is 2. The van der Waals surface area contributed by atoms with Crippen LogP contribution in [-0.2, 0) is 9.59 Å². The number of carbonyl (C=O) groups is 3. The normalized spacial score (nSPS) is 14.1. The highest BCUT2D eigenvalue weighted by Crippen LogP contribution is 2.25. The summed E-state index contributed by atoms with van der Waals surface area (Å²) in [4.78, 5) is 37.1. The summed E-state index contributed by atoms with van der Waals surface area (Å²) in [5.41, 5.74) is 1.74. The number of amides is 2. The highest BCUT2D eigenvalue weighted by molar-refractivity contribution is 7.80. The number of fused-ring (bicyclic) bond motifs is 1. The number of benzene rings is 2. The van der Waals surface area contributed by atoms with Crippen LogP contribution >= 0.6 is 12.2 Å². The van der Waals surface area contributed by atoms with Crippen LogP contribution in [0.3, 0.4) is 0 Å². The second kappa shape index (κ2) is 6.62. The van der Waals surface area contributed by atoms with Crippen LogP contribution in [0.1, 0.15) is 15.9 Å². The molecular weight excluding hydrogens is 362 g/mol. The van der Waals surface area contributed by atoms with Crippen molar-refractivity contribution in [1.29, 1.82) is 0 Å². The zero-order chi connectivity index (χ0) is 19.0. The number of nitrogens with zero attached hydrogens (tertiary/aromatic N) is 1. The van der Waals surface area contributed by atoms with E-state index in [1.54, 1.807) is 30.5 Å². The minimum absolute atomic E-state index is 0.0242. The highest BCUT2D eigenvalue weighted by atomic mass is 32.1. The Balaban J connectivity index is 1.85. The molecule has 3 aromatic rings. The van der Waals surface area contributed by atoms with Crippen LogP contribution in [0, 0.1) is 0 Å². The number of rotatable bonds is 2. The van der Waals surface area contributed by atoms with E-state index in [9.17, 15) is 14.4 Å². The molecule has 1 fully saturated rings. The Bertz CT molecular complexity index is 1120. The molecule has 2 amide bonds. The van der Waals surface area contributed by atoms with Crippen LogP contribution in [0.5, 0.6) is 0 Å². The van der Waals surface area contributed by atoms with Crippen LogP contribution in [0.15, 0.2) is 66.4 Å². The first-order valence-electron chi connectivity index (χ1n) is 8.13. The zero-order valence-electron chi connectivity index (χ0n) is 13.9. The number of para-hydroxylation sites is 1. The molecule has 0 bridgehead atoms. The van der Waals surface area contributed by atoms with Crippen molar-refractivity contribution in [3.63, 3.8) is 0 Å². The van der Waals surface area contributed by atoms with Crippen molar-refractivity contribution in [1.82, 2.24) is 15.2 Å². The van der Waals surface area contributed by atoms with Gasteiger partial charge in [-0.05, 0) is 36.5 Å².